The Kier molecular flexibility index (Phi) is 11.0. The van der Waals surface area contributed by atoms with Crippen LogP contribution in [0, 0.1) is 0 Å². The zero-order valence-corrected chi connectivity index (χ0v) is 20.4. The Morgan fingerprint density at radius 2 is 1.90 bits per heavy atom. The van der Waals surface area contributed by atoms with Crippen molar-refractivity contribution < 1.29 is 13.5 Å². The summed E-state index contributed by atoms with van der Waals surface area (Å²) in [6.45, 7) is 1.10. The number of nitrogens with zero attached hydrogens (tertiary/aromatic N) is 5. The topological polar surface area (TPSA) is 57.9 Å². The molecule has 0 aliphatic rings. The maximum Gasteiger partial charge on any atom is 0.387 e. The summed E-state index contributed by atoms with van der Waals surface area (Å²) in [6, 6.07) is 6.75. The highest BCUT2D eigenvalue weighted by Gasteiger charge is 2.16. The molecule has 168 valence electrons. The van der Waals surface area contributed by atoms with Crippen molar-refractivity contribution in [3.05, 3.63) is 47.8 Å². The first-order valence-electron chi connectivity index (χ1n) is 9.48. The summed E-state index contributed by atoms with van der Waals surface area (Å²) in [5.74, 6) is 0.924. The number of likely N-dealkylation sites (N-methyl/N-ethyl adjacent to an activating group) is 1. The molecule has 2 rings (SSSR count). The summed E-state index contributed by atoms with van der Waals surface area (Å²) in [4.78, 5) is 8.92. The third kappa shape index (κ3) is 8.05. The van der Waals surface area contributed by atoms with Gasteiger partial charge in [0.2, 0.25) is 0 Å². The molecule has 7 nitrogen and oxygen atoms in total. The molecule has 0 bridgehead atoms. The number of benzene rings is 1. The minimum absolute atomic E-state index is 0. The van der Waals surface area contributed by atoms with Crippen LogP contribution in [-0.4, -0.2) is 66.4 Å². The van der Waals surface area contributed by atoms with Crippen LogP contribution in [0.5, 0.6) is 5.75 Å². The lowest BCUT2D eigenvalue weighted by atomic mass is 10.1. The Bertz CT molecular complexity index is 782. The van der Waals surface area contributed by atoms with Gasteiger partial charge >= 0.3 is 6.61 Å². The fourth-order valence-corrected chi connectivity index (χ4v) is 2.95. The molecule has 2 aromatic rings. The average molecular weight is 536 g/mol. The van der Waals surface area contributed by atoms with Gasteiger partial charge in [-0.1, -0.05) is 12.1 Å². The van der Waals surface area contributed by atoms with Gasteiger partial charge in [0.15, 0.2) is 5.96 Å². The number of aliphatic imine (C=N–C) groups is 1. The van der Waals surface area contributed by atoms with Crippen molar-refractivity contribution >= 4 is 29.9 Å². The molecule has 0 fully saturated rings. The number of alkyl halides is 2. The number of hydrogen-bond acceptors (Lipinski definition) is 4. The second-order valence-electron chi connectivity index (χ2n) is 7.00. The van der Waals surface area contributed by atoms with E-state index in [0.717, 1.165) is 23.6 Å². The van der Waals surface area contributed by atoms with Crippen LogP contribution in [0.15, 0.2) is 41.7 Å². The Balaban J connectivity index is 0.00000450. The molecule has 0 amide bonds. The molecular formula is C20H31F2IN6O. The van der Waals surface area contributed by atoms with Crippen molar-refractivity contribution in [2.75, 3.05) is 34.2 Å². The molecule has 30 heavy (non-hydrogen) atoms. The predicted molar refractivity (Wildman–Crippen MR) is 126 cm³/mol. The zero-order valence-electron chi connectivity index (χ0n) is 18.0. The molecule has 0 spiro atoms. The molecule has 1 N–H and O–H groups in total. The summed E-state index contributed by atoms with van der Waals surface area (Å²) >= 11 is 0. The van der Waals surface area contributed by atoms with E-state index in [1.54, 1.807) is 28.9 Å². The minimum Gasteiger partial charge on any atom is -0.435 e. The molecule has 0 saturated carbocycles. The number of rotatable bonds is 9. The Morgan fingerprint density at radius 1 is 1.23 bits per heavy atom. The van der Waals surface area contributed by atoms with Crippen LogP contribution in [0.25, 0.3) is 0 Å². The van der Waals surface area contributed by atoms with Crippen molar-refractivity contribution in [1.29, 1.82) is 0 Å². The highest BCUT2D eigenvalue weighted by molar-refractivity contribution is 14.0. The van der Waals surface area contributed by atoms with Gasteiger partial charge in [0.25, 0.3) is 0 Å². The average Bonchev–Trinajstić information content (AvgIpc) is 3.08. The molecule has 0 radical (unpaired) electrons. The third-order valence-electron chi connectivity index (χ3n) is 4.41. The van der Waals surface area contributed by atoms with E-state index < -0.39 is 6.61 Å². The van der Waals surface area contributed by atoms with E-state index in [9.17, 15) is 8.78 Å². The molecule has 1 atom stereocenters. The molecule has 1 unspecified atom stereocenters. The molecule has 0 aliphatic carbocycles. The Hall–Kier alpha value is -1.95. The number of nitrogens with one attached hydrogen (secondary N) is 1. The maximum atomic E-state index is 12.3. The highest BCUT2D eigenvalue weighted by atomic mass is 127. The summed E-state index contributed by atoms with van der Waals surface area (Å²) in [7, 11) is 7.88. The van der Waals surface area contributed by atoms with Gasteiger partial charge in [-0.3, -0.25) is 9.67 Å². The molecular weight excluding hydrogens is 505 g/mol. The van der Waals surface area contributed by atoms with E-state index >= 15 is 0 Å². The minimum atomic E-state index is -2.82. The van der Waals surface area contributed by atoms with Gasteiger partial charge in [-0.25, -0.2) is 0 Å². The van der Waals surface area contributed by atoms with Crippen LogP contribution in [0.4, 0.5) is 8.78 Å². The van der Waals surface area contributed by atoms with Gasteiger partial charge in [-0.15, -0.1) is 24.0 Å². The van der Waals surface area contributed by atoms with Crippen LogP contribution in [0.2, 0.25) is 0 Å². The Labute approximate surface area is 194 Å². The SMILES string of the molecule is CCNC(=NCC(c1cnn(C)c1)N(C)C)N(C)Cc1ccc(OC(F)F)cc1.I. The van der Waals surface area contributed by atoms with Gasteiger partial charge in [0.1, 0.15) is 5.75 Å². The lowest BCUT2D eigenvalue weighted by Crippen LogP contribution is -2.39. The van der Waals surface area contributed by atoms with Gasteiger partial charge in [0, 0.05) is 38.9 Å². The van der Waals surface area contributed by atoms with Gasteiger partial charge in [-0.2, -0.15) is 13.9 Å². The number of guanidine groups is 1. The smallest absolute Gasteiger partial charge is 0.387 e. The standard InChI is InChI=1S/C20H30F2N6O.HI/c1-6-23-20(24-12-18(26(2)3)16-11-25-28(5)14-16)27(4)13-15-7-9-17(10-8-15)29-19(21)22;/h7-11,14,18-19H,6,12-13H2,1-5H3,(H,23,24);1H. The van der Waals surface area contributed by atoms with Crippen molar-refractivity contribution in [3.8, 4) is 5.75 Å². The molecule has 0 aliphatic heterocycles. The molecule has 1 aromatic heterocycles. The van der Waals surface area contributed by atoms with Crippen LogP contribution in [0.3, 0.4) is 0 Å². The van der Waals surface area contributed by atoms with Gasteiger partial charge < -0.3 is 19.9 Å². The van der Waals surface area contributed by atoms with Gasteiger partial charge in [0.05, 0.1) is 18.8 Å². The third-order valence-corrected chi connectivity index (χ3v) is 4.41. The fraction of sp³-hybridized carbons (Fsp3) is 0.500. The van der Waals surface area contributed by atoms with Crippen molar-refractivity contribution in [2.24, 2.45) is 12.0 Å². The largest absolute Gasteiger partial charge is 0.435 e. The first kappa shape index (κ1) is 26.1. The summed E-state index contributed by atoms with van der Waals surface area (Å²) in [5, 5.41) is 7.56. The van der Waals surface area contributed by atoms with Crippen LogP contribution < -0.4 is 10.1 Å². The number of ether oxygens (including phenoxy) is 1. The van der Waals surface area contributed by atoms with E-state index in [0.29, 0.717) is 13.1 Å². The van der Waals surface area contributed by atoms with Crippen molar-refractivity contribution in [3.63, 3.8) is 0 Å². The highest BCUT2D eigenvalue weighted by Crippen LogP contribution is 2.18. The summed E-state index contributed by atoms with van der Waals surface area (Å²) in [6.07, 6.45) is 3.86. The first-order valence-corrected chi connectivity index (χ1v) is 9.48. The second-order valence-corrected chi connectivity index (χ2v) is 7.00. The number of hydrogen-bond donors (Lipinski definition) is 1. The van der Waals surface area contributed by atoms with E-state index in [4.69, 9.17) is 4.99 Å². The number of aromatic nitrogens is 2. The van der Waals surface area contributed by atoms with E-state index in [-0.39, 0.29) is 35.8 Å². The maximum absolute atomic E-state index is 12.3. The van der Waals surface area contributed by atoms with Crippen molar-refractivity contribution in [1.82, 2.24) is 24.9 Å². The normalized spacial score (nSPS) is 12.6. The molecule has 1 heterocycles. The molecule has 1 aromatic carbocycles. The molecule has 10 heteroatoms. The predicted octanol–water partition coefficient (Wildman–Crippen LogP) is 3.34. The second kappa shape index (κ2) is 12.7. The van der Waals surface area contributed by atoms with E-state index in [2.05, 4.69) is 20.1 Å². The quantitative estimate of drug-likeness (QED) is 0.303. The lowest BCUT2D eigenvalue weighted by molar-refractivity contribution is -0.0498. The number of aryl methyl sites for hydroxylation is 1. The van der Waals surface area contributed by atoms with Crippen LogP contribution in [-0.2, 0) is 13.6 Å². The fourth-order valence-electron chi connectivity index (χ4n) is 2.95. The lowest BCUT2D eigenvalue weighted by Gasteiger charge is -2.25. The first-order chi connectivity index (χ1) is 13.8. The number of halogens is 3. The van der Waals surface area contributed by atoms with Crippen molar-refractivity contribution in [2.45, 2.75) is 26.1 Å². The molecule has 0 saturated heterocycles. The van der Waals surface area contributed by atoms with Gasteiger partial charge in [-0.05, 0) is 38.7 Å². The van der Waals surface area contributed by atoms with Crippen LogP contribution in [0.1, 0.15) is 24.1 Å². The van der Waals surface area contributed by atoms with E-state index in [1.807, 2.05) is 52.4 Å². The van der Waals surface area contributed by atoms with E-state index in [1.165, 1.54) is 0 Å². The Morgan fingerprint density at radius 3 is 2.40 bits per heavy atom. The zero-order chi connectivity index (χ0) is 21.4. The van der Waals surface area contributed by atoms with Crippen LogP contribution >= 0.6 is 24.0 Å². The summed E-state index contributed by atoms with van der Waals surface area (Å²) in [5.41, 5.74) is 2.07. The monoisotopic (exact) mass is 536 g/mol. The summed E-state index contributed by atoms with van der Waals surface area (Å²) < 4.78 is 30.8.